The zero-order chi connectivity index (χ0) is 18.8. The summed E-state index contributed by atoms with van der Waals surface area (Å²) in [5, 5.41) is 10.3. The van der Waals surface area contributed by atoms with E-state index in [1.54, 1.807) is 24.8 Å². The second-order valence-corrected chi connectivity index (χ2v) is 6.77. The third-order valence-corrected chi connectivity index (χ3v) is 4.83. The van der Waals surface area contributed by atoms with E-state index in [0.717, 1.165) is 27.1 Å². The maximum atomic E-state index is 5.80. The predicted molar refractivity (Wildman–Crippen MR) is 104 cm³/mol. The van der Waals surface area contributed by atoms with Crippen molar-refractivity contribution in [2.45, 2.75) is 10.2 Å². The van der Waals surface area contributed by atoms with Crippen molar-refractivity contribution in [3.8, 4) is 22.8 Å². The Hall–Kier alpha value is -3.65. The molecule has 0 saturated carbocycles. The van der Waals surface area contributed by atoms with E-state index < -0.39 is 0 Å². The van der Waals surface area contributed by atoms with Crippen molar-refractivity contribution in [3.05, 3.63) is 73.3 Å². The van der Waals surface area contributed by atoms with Crippen LogP contribution in [0.5, 0.6) is 0 Å². The quantitative estimate of drug-likeness (QED) is 0.424. The number of benzene rings is 1. The van der Waals surface area contributed by atoms with Crippen LogP contribution in [0.1, 0.15) is 0 Å². The highest BCUT2D eigenvalue weighted by atomic mass is 32.2. The number of hydrogen-bond acceptors (Lipinski definition) is 8. The smallest absolute Gasteiger partial charge is 0.283 e. The molecule has 134 valence electrons. The second-order valence-electron chi connectivity index (χ2n) is 5.83. The molecule has 7 nitrogen and oxygen atoms in total. The van der Waals surface area contributed by atoms with Crippen LogP contribution in [-0.4, -0.2) is 30.1 Å². The zero-order valence-corrected chi connectivity index (χ0v) is 15.2. The van der Waals surface area contributed by atoms with Gasteiger partial charge in [-0.15, -0.1) is 10.2 Å². The van der Waals surface area contributed by atoms with Crippen LogP contribution in [0.3, 0.4) is 0 Å². The summed E-state index contributed by atoms with van der Waals surface area (Å²) in [5.74, 6) is 1.02. The molecule has 1 aromatic carbocycles. The molecule has 4 heterocycles. The SMILES string of the molecule is c1cncc(-c2nc(Sc3nnc(-c4cccnc4)o3)c3ccccc3n2)c1. The standard InChI is InChI=1S/C20H12N6OS/c1-2-8-16-15(7-1)19(24-17(23-16)13-5-3-9-21-11-13)28-20-26-25-18(27-20)14-6-4-10-22-12-14/h1-12H. The summed E-state index contributed by atoms with van der Waals surface area (Å²) in [6, 6.07) is 15.3. The van der Waals surface area contributed by atoms with Crippen molar-refractivity contribution in [2.24, 2.45) is 0 Å². The van der Waals surface area contributed by atoms with Gasteiger partial charge in [0.2, 0.25) is 5.89 Å². The minimum Gasteiger partial charge on any atom is -0.411 e. The molecule has 0 amide bonds. The molecular formula is C20H12N6OS. The summed E-state index contributed by atoms with van der Waals surface area (Å²) in [5.41, 5.74) is 2.45. The molecule has 0 N–H and O–H groups in total. The Labute approximate surface area is 163 Å². The van der Waals surface area contributed by atoms with E-state index >= 15 is 0 Å². The van der Waals surface area contributed by atoms with Crippen LogP contribution in [-0.2, 0) is 0 Å². The Morgan fingerprint density at radius 1 is 0.750 bits per heavy atom. The van der Waals surface area contributed by atoms with Gasteiger partial charge in [0.15, 0.2) is 5.82 Å². The normalized spacial score (nSPS) is 11.0. The summed E-state index contributed by atoms with van der Waals surface area (Å²) in [6.07, 6.45) is 6.84. The third kappa shape index (κ3) is 3.21. The molecule has 5 aromatic rings. The first kappa shape index (κ1) is 16.5. The molecular weight excluding hydrogens is 372 g/mol. The maximum Gasteiger partial charge on any atom is 0.283 e. The third-order valence-electron chi connectivity index (χ3n) is 3.99. The minimum absolute atomic E-state index is 0.403. The van der Waals surface area contributed by atoms with Gasteiger partial charge in [-0.25, -0.2) is 9.97 Å². The number of aromatic nitrogens is 6. The van der Waals surface area contributed by atoms with Gasteiger partial charge in [-0.3, -0.25) is 9.97 Å². The van der Waals surface area contributed by atoms with Gasteiger partial charge in [-0.05, 0) is 42.1 Å². The molecule has 0 atom stereocenters. The van der Waals surface area contributed by atoms with E-state index in [2.05, 4.69) is 25.1 Å². The van der Waals surface area contributed by atoms with Gasteiger partial charge in [0.1, 0.15) is 5.03 Å². The first-order valence-electron chi connectivity index (χ1n) is 8.46. The first-order valence-corrected chi connectivity index (χ1v) is 9.27. The topological polar surface area (TPSA) is 90.5 Å². The summed E-state index contributed by atoms with van der Waals surface area (Å²) in [7, 11) is 0. The molecule has 0 fully saturated rings. The Morgan fingerprint density at radius 2 is 1.54 bits per heavy atom. The molecule has 0 aliphatic heterocycles. The van der Waals surface area contributed by atoms with Gasteiger partial charge in [0, 0.05) is 35.7 Å². The van der Waals surface area contributed by atoms with Crippen LogP contribution >= 0.6 is 11.8 Å². The highest BCUT2D eigenvalue weighted by Crippen LogP contribution is 2.33. The highest BCUT2D eigenvalue weighted by Gasteiger charge is 2.15. The second kappa shape index (κ2) is 7.16. The van der Waals surface area contributed by atoms with E-state index in [0.29, 0.717) is 16.9 Å². The Balaban J connectivity index is 1.56. The molecule has 0 saturated heterocycles. The van der Waals surface area contributed by atoms with Crippen LogP contribution in [0.2, 0.25) is 0 Å². The lowest BCUT2D eigenvalue weighted by Gasteiger charge is -2.06. The average Bonchev–Trinajstić information content (AvgIpc) is 3.23. The van der Waals surface area contributed by atoms with E-state index in [4.69, 9.17) is 9.40 Å². The number of fused-ring (bicyclic) bond motifs is 1. The maximum absolute atomic E-state index is 5.80. The minimum atomic E-state index is 0.403. The van der Waals surface area contributed by atoms with Gasteiger partial charge < -0.3 is 4.42 Å². The summed E-state index contributed by atoms with van der Waals surface area (Å²) in [4.78, 5) is 17.6. The summed E-state index contributed by atoms with van der Waals surface area (Å²) >= 11 is 1.31. The molecule has 28 heavy (non-hydrogen) atoms. The van der Waals surface area contributed by atoms with Crippen LogP contribution in [0.15, 0.2) is 88.0 Å². The van der Waals surface area contributed by atoms with Crippen LogP contribution in [0.25, 0.3) is 33.7 Å². The molecule has 0 spiro atoms. The van der Waals surface area contributed by atoms with Gasteiger partial charge in [-0.2, -0.15) is 0 Å². The van der Waals surface area contributed by atoms with Crippen molar-refractivity contribution >= 4 is 22.7 Å². The van der Waals surface area contributed by atoms with Gasteiger partial charge in [-0.1, -0.05) is 18.2 Å². The lowest BCUT2D eigenvalue weighted by atomic mass is 10.2. The van der Waals surface area contributed by atoms with E-state index in [1.165, 1.54) is 11.8 Å². The molecule has 8 heteroatoms. The molecule has 0 unspecified atom stereocenters. The van der Waals surface area contributed by atoms with Crippen molar-refractivity contribution in [3.63, 3.8) is 0 Å². The van der Waals surface area contributed by atoms with Crippen molar-refractivity contribution in [1.82, 2.24) is 30.1 Å². The fraction of sp³-hybridized carbons (Fsp3) is 0. The van der Waals surface area contributed by atoms with Gasteiger partial charge in [0.25, 0.3) is 5.22 Å². The molecule has 0 bridgehead atoms. The molecule has 5 rings (SSSR count). The number of hydrogen-bond donors (Lipinski definition) is 0. The van der Waals surface area contributed by atoms with Crippen molar-refractivity contribution < 1.29 is 4.42 Å². The average molecular weight is 384 g/mol. The Morgan fingerprint density at radius 3 is 2.32 bits per heavy atom. The number of para-hydroxylation sites is 1. The fourth-order valence-corrected chi connectivity index (χ4v) is 3.47. The Kier molecular flexibility index (Phi) is 4.23. The summed E-state index contributed by atoms with van der Waals surface area (Å²) < 4.78 is 5.80. The predicted octanol–water partition coefficient (Wildman–Crippen LogP) is 4.29. The lowest BCUT2D eigenvalue weighted by Crippen LogP contribution is -1.94. The number of pyridine rings is 2. The highest BCUT2D eigenvalue weighted by molar-refractivity contribution is 7.99. The lowest BCUT2D eigenvalue weighted by molar-refractivity contribution is 0.465. The van der Waals surface area contributed by atoms with E-state index in [-0.39, 0.29) is 0 Å². The van der Waals surface area contributed by atoms with Crippen molar-refractivity contribution in [1.29, 1.82) is 0 Å². The van der Waals surface area contributed by atoms with E-state index in [1.807, 2.05) is 48.5 Å². The molecule has 0 aliphatic carbocycles. The largest absolute Gasteiger partial charge is 0.411 e. The number of rotatable bonds is 4. The number of nitrogens with zero attached hydrogens (tertiary/aromatic N) is 6. The van der Waals surface area contributed by atoms with E-state index in [9.17, 15) is 0 Å². The zero-order valence-electron chi connectivity index (χ0n) is 14.4. The van der Waals surface area contributed by atoms with Gasteiger partial charge >= 0.3 is 0 Å². The molecule has 4 aromatic heterocycles. The molecule has 0 aliphatic rings. The monoisotopic (exact) mass is 384 g/mol. The van der Waals surface area contributed by atoms with Crippen LogP contribution < -0.4 is 0 Å². The Bertz CT molecular complexity index is 1240. The molecule has 0 radical (unpaired) electrons. The van der Waals surface area contributed by atoms with Crippen molar-refractivity contribution in [2.75, 3.05) is 0 Å². The summed E-state index contributed by atoms with van der Waals surface area (Å²) in [6.45, 7) is 0. The van der Waals surface area contributed by atoms with Gasteiger partial charge in [0.05, 0.1) is 11.1 Å². The van der Waals surface area contributed by atoms with Crippen LogP contribution in [0.4, 0.5) is 0 Å². The first-order chi connectivity index (χ1) is 13.9. The van der Waals surface area contributed by atoms with Crippen LogP contribution in [0, 0.1) is 0 Å². The fourth-order valence-electron chi connectivity index (χ4n) is 2.69.